The summed E-state index contributed by atoms with van der Waals surface area (Å²) in [6, 6.07) is 39.7. The topological polar surface area (TPSA) is 417 Å². The lowest BCUT2D eigenvalue weighted by atomic mass is 9.90. The summed E-state index contributed by atoms with van der Waals surface area (Å²) in [7, 11) is 3.29. The van der Waals surface area contributed by atoms with E-state index in [1.165, 1.54) is 25.3 Å². The molecule has 0 unspecified atom stereocenters. The van der Waals surface area contributed by atoms with Gasteiger partial charge in [0.1, 0.15) is 28.6 Å². The maximum atomic E-state index is 12.1. The van der Waals surface area contributed by atoms with E-state index in [-0.39, 0.29) is 68.1 Å². The summed E-state index contributed by atoms with van der Waals surface area (Å²) in [5.41, 5.74) is 5.56. The predicted octanol–water partition coefficient (Wildman–Crippen LogP) is 14.8. The van der Waals surface area contributed by atoms with Crippen LogP contribution in [0, 0.1) is 20.2 Å². The third-order valence-electron chi connectivity index (χ3n) is 16.2. The average molecular weight is 1450 g/mol. The summed E-state index contributed by atoms with van der Waals surface area (Å²) < 4.78 is 33.2. The molecule has 6 aromatic carbocycles. The molecule has 5 aromatic heterocycles. The number of carbonyl (C=O) groups is 10. The van der Waals surface area contributed by atoms with E-state index in [4.69, 9.17) is 47.1 Å². The molecule has 0 aliphatic heterocycles. The van der Waals surface area contributed by atoms with Crippen LogP contribution >= 0.6 is 0 Å². The highest BCUT2D eigenvalue weighted by Crippen LogP contribution is 2.45. The fourth-order valence-corrected chi connectivity index (χ4v) is 11.1. The number of nitrogens with zero attached hydrogens (tertiary/aromatic N) is 7. The Morgan fingerprint density at radius 2 is 0.682 bits per heavy atom. The second kappa shape index (κ2) is 29.7. The minimum absolute atomic E-state index is 0.0195. The number of carbonyl (C=O) groups excluding carboxylic acids is 10. The summed E-state index contributed by atoms with van der Waals surface area (Å²) in [5, 5.41) is 27.6. The molecular formula is C79H67N7O21. The molecule has 0 atom stereocenters. The Morgan fingerprint density at radius 1 is 0.364 bits per heavy atom. The first-order valence-corrected chi connectivity index (χ1v) is 32.9. The molecule has 28 heteroatoms. The molecule has 16 rings (SSSR count). The van der Waals surface area contributed by atoms with E-state index in [1.54, 1.807) is 72.8 Å². The normalized spacial score (nSPS) is 13.2. The molecule has 5 aliphatic rings. The van der Waals surface area contributed by atoms with E-state index < -0.39 is 73.1 Å². The number of phenolic OH excluding ortho intramolecular Hbond substituents is 1. The lowest BCUT2D eigenvalue weighted by Crippen LogP contribution is -2.21. The minimum atomic E-state index is -0.697. The van der Waals surface area contributed by atoms with E-state index in [9.17, 15) is 53.1 Å². The standard InChI is InChI=1S/C17H9NO3.2C15H13NO4.2C15H13NO3.2CH3NO2/c19-14-12-9-5-4-8-11(12)13-16(15(14)20)21-17(18-13)10-6-2-1-3-7-10;1-15(2,3)14-16-10-12(19)11(18)7-5-4-6-8(17)9(7)13(10)20-14;1-7(2)15-16-11-13(18)12(17)8-5-4-6-9(19-3)10(8)14(11)20-15;2*1-15(2,3)14-16-10-8-6-4-5-7-9(8)11(17)12(18)13(10)19-14;2*1-2(3)4/h1-9H;4-6,17H,1-3H3;4-7H,1-3H3;2*4-7H,1-3H3;2*1H3. The van der Waals surface area contributed by atoms with Crippen molar-refractivity contribution in [3.8, 4) is 79.4 Å². The van der Waals surface area contributed by atoms with Crippen LogP contribution in [0.4, 0.5) is 0 Å². The highest BCUT2D eigenvalue weighted by Gasteiger charge is 2.43. The van der Waals surface area contributed by atoms with Gasteiger partial charge in [-0.15, -0.1) is 0 Å². The zero-order valence-electron chi connectivity index (χ0n) is 60.1. The Balaban J connectivity index is 0.000000139. The molecule has 0 amide bonds. The van der Waals surface area contributed by atoms with Gasteiger partial charge >= 0.3 is 0 Å². The van der Waals surface area contributed by atoms with Crippen LogP contribution < -0.4 is 4.74 Å². The number of ether oxygens (including phenoxy) is 1. The third-order valence-corrected chi connectivity index (χ3v) is 16.2. The number of phenols is 1. The second-order valence-corrected chi connectivity index (χ2v) is 27.7. The molecule has 0 bridgehead atoms. The maximum Gasteiger partial charge on any atom is 0.271 e. The van der Waals surface area contributed by atoms with Crippen LogP contribution in [0.2, 0.25) is 0 Å². The number of oxazole rings is 5. The maximum absolute atomic E-state index is 12.1. The van der Waals surface area contributed by atoms with Gasteiger partial charge in [0.2, 0.25) is 69.8 Å². The summed E-state index contributed by atoms with van der Waals surface area (Å²) in [4.78, 5) is 159. The lowest BCUT2D eigenvalue weighted by molar-refractivity contribution is -0.445. The highest BCUT2D eigenvalue weighted by atomic mass is 16.6. The molecule has 0 radical (unpaired) electrons. The molecular weight excluding hydrogens is 1380 g/mol. The molecule has 0 spiro atoms. The molecule has 5 heterocycles. The van der Waals surface area contributed by atoms with E-state index in [2.05, 4.69) is 24.9 Å². The zero-order valence-corrected chi connectivity index (χ0v) is 60.1. The van der Waals surface area contributed by atoms with Crippen molar-refractivity contribution < 1.29 is 89.7 Å². The Kier molecular flexibility index (Phi) is 21.1. The molecule has 1 N–H and O–H groups in total. The van der Waals surface area contributed by atoms with E-state index >= 15 is 0 Å². The molecule has 0 saturated heterocycles. The SMILES string of the molecule is CC(C)(C)c1nc2c(o1)-c1c(O)cccc1C(=O)C2=O.CC(C)(C)c1nc2c(o1)C(=O)C(=O)c1ccccc1-2.CC(C)(C)c1nc2c(o1)C(=O)C(=O)c1ccccc1-2.COc1cccc2c1-c1oc(C(C)C)nc1C(=O)C2=O.C[N+](=O)[O-].C[N+](=O)[O-].O=C1C(=O)c2oc(-c3ccccc3)nc2-c2ccccc21. The van der Waals surface area contributed by atoms with Gasteiger partial charge < -0.3 is 31.9 Å². The summed E-state index contributed by atoms with van der Waals surface area (Å²) in [5.74, 6) is -2.88. The lowest BCUT2D eigenvalue weighted by Gasteiger charge is -2.14. The molecule has 5 aliphatic carbocycles. The number of aromatic nitrogens is 5. The quantitative estimate of drug-likeness (QED) is 0.0975. The van der Waals surface area contributed by atoms with Crippen molar-refractivity contribution in [2.24, 2.45) is 0 Å². The van der Waals surface area contributed by atoms with Crippen LogP contribution in [-0.2, 0) is 16.2 Å². The molecule has 544 valence electrons. The summed E-state index contributed by atoms with van der Waals surface area (Å²) in [6.45, 7) is 21.2. The number of nitro groups is 2. The Bertz CT molecular complexity index is 5380. The molecule has 0 saturated carbocycles. The van der Waals surface area contributed by atoms with Crippen LogP contribution in [0.1, 0.15) is 210 Å². The van der Waals surface area contributed by atoms with Crippen molar-refractivity contribution in [3.05, 3.63) is 240 Å². The second-order valence-electron chi connectivity index (χ2n) is 27.7. The van der Waals surface area contributed by atoms with E-state index in [1.807, 2.05) is 125 Å². The van der Waals surface area contributed by atoms with Crippen LogP contribution in [0.25, 0.3) is 67.9 Å². The molecule has 107 heavy (non-hydrogen) atoms. The number of benzene rings is 6. The number of hydrogen-bond acceptors (Lipinski definition) is 26. The number of Topliss-reactive ketones (excluding diaryl/α,β-unsaturated/α-hetero) is 10. The van der Waals surface area contributed by atoms with E-state index in [0.717, 1.165) is 19.7 Å². The molecule has 0 fully saturated rings. The zero-order chi connectivity index (χ0) is 78.2. The van der Waals surface area contributed by atoms with Gasteiger partial charge in [0.05, 0.1) is 18.2 Å². The van der Waals surface area contributed by atoms with Gasteiger partial charge in [0.15, 0.2) is 42.9 Å². The van der Waals surface area contributed by atoms with Gasteiger partial charge in [-0.2, -0.15) is 0 Å². The van der Waals surface area contributed by atoms with Crippen molar-refractivity contribution >= 4 is 57.8 Å². The fourth-order valence-electron chi connectivity index (χ4n) is 11.1. The highest BCUT2D eigenvalue weighted by molar-refractivity contribution is 6.55. The number of methoxy groups -OCH3 is 1. The number of fused-ring (bicyclic) bond motifs is 15. The van der Waals surface area contributed by atoms with Crippen molar-refractivity contribution in [2.45, 2.75) is 98.3 Å². The van der Waals surface area contributed by atoms with Gasteiger partial charge in [0.25, 0.3) is 28.9 Å². The Morgan fingerprint density at radius 3 is 1.08 bits per heavy atom. The molecule has 11 aromatic rings. The predicted molar refractivity (Wildman–Crippen MR) is 383 cm³/mol. The third kappa shape index (κ3) is 15.2. The number of rotatable bonds is 3. The summed E-state index contributed by atoms with van der Waals surface area (Å²) in [6.07, 6.45) is 0. The Hall–Kier alpha value is -13.5. The van der Waals surface area contributed by atoms with Gasteiger partial charge in [-0.3, -0.25) is 68.2 Å². The number of ketones is 10. The number of hydrogen-bond donors (Lipinski definition) is 1. The van der Waals surface area contributed by atoms with Crippen LogP contribution in [0.3, 0.4) is 0 Å². The molecule has 28 nitrogen and oxygen atoms in total. The minimum Gasteiger partial charge on any atom is -0.507 e. The average Bonchev–Trinajstić information content (AvgIpc) is 1.61. The van der Waals surface area contributed by atoms with Crippen molar-refractivity contribution in [3.63, 3.8) is 0 Å². The smallest absolute Gasteiger partial charge is 0.271 e. The largest absolute Gasteiger partial charge is 0.507 e. The Labute approximate surface area is 608 Å². The first-order valence-electron chi connectivity index (χ1n) is 32.9. The number of aromatic hydroxyl groups is 1. The van der Waals surface area contributed by atoms with Gasteiger partial charge in [-0.05, 0) is 36.4 Å². The first kappa shape index (κ1) is 76.1. The van der Waals surface area contributed by atoms with Crippen LogP contribution in [0.5, 0.6) is 11.5 Å². The van der Waals surface area contributed by atoms with Crippen molar-refractivity contribution in [1.29, 1.82) is 0 Å². The summed E-state index contributed by atoms with van der Waals surface area (Å²) >= 11 is 0. The monoisotopic (exact) mass is 1450 g/mol. The van der Waals surface area contributed by atoms with Gasteiger partial charge in [0, 0.05) is 82.1 Å². The van der Waals surface area contributed by atoms with Crippen molar-refractivity contribution in [2.75, 3.05) is 21.2 Å². The fraction of sp³-hybridized carbons (Fsp3) is 0.228. The van der Waals surface area contributed by atoms with E-state index in [0.29, 0.717) is 103 Å². The van der Waals surface area contributed by atoms with Crippen molar-refractivity contribution in [1.82, 2.24) is 24.9 Å². The van der Waals surface area contributed by atoms with Gasteiger partial charge in [-0.25, -0.2) is 24.9 Å². The van der Waals surface area contributed by atoms with Crippen LogP contribution in [-0.4, -0.2) is 119 Å². The van der Waals surface area contributed by atoms with Crippen LogP contribution in [0.15, 0.2) is 162 Å². The first-order chi connectivity index (χ1) is 50.3. The van der Waals surface area contributed by atoms with Gasteiger partial charge in [-0.1, -0.05) is 179 Å².